The smallest absolute Gasteiger partial charge is 0.227 e. The second-order valence-corrected chi connectivity index (χ2v) is 4.91. The van der Waals surface area contributed by atoms with Gasteiger partial charge >= 0.3 is 0 Å². The summed E-state index contributed by atoms with van der Waals surface area (Å²) in [5.74, 6) is 1.76. The van der Waals surface area contributed by atoms with Crippen LogP contribution < -0.4 is 9.80 Å². The van der Waals surface area contributed by atoms with E-state index in [1.807, 2.05) is 24.7 Å². The Morgan fingerprint density at radius 3 is 2.38 bits per heavy atom. The Labute approximate surface area is 126 Å². The molecule has 0 bridgehead atoms. The summed E-state index contributed by atoms with van der Waals surface area (Å²) in [5.41, 5.74) is 1.29. The first-order valence-corrected chi connectivity index (χ1v) is 7.42. The van der Waals surface area contributed by atoms with E-state index in [-0.39, 0.29) is 0 Å². The Hall–Kier alpha value is -2.17. The van der Waals surface area contributed by atoms with Gasteiger partial charge in [-0.05, 0) is 44.0 Å². The highest BCUT2D eigenvalue weighted by molar-refractivity contribution is 5.43. The lowest BCUT2D eigenvalue weighted by Crippen LogP contribution is -2.26. The molecule has 0 saturated heterocycles. The van der Waals surface area contributed by atoms with Gasteiger partial charge < -0.3 is 9.80 Å². The van der Waals surface area contributed by atoms with Crippen molar-refractivity contribution in [1.82, 2.24) is 15.0 Å². The molecular weight excluding hydrogens is 262 g/mol. The van der Waals surface area contributed by atoms with E-state index in [1.165, 1.54) is 5.56 Å². The first-order chi connectivity index (χ1) is 10.2. The minimum absolute atomic E-state index is 0.799. The molecule has 2 aromatic rings. The maximum absolute atomic E-state index is 4.66. The predicted molar refractivity (Wildman–Crippen MR) is 86.8 cm³/mol. The molecule has 0 amide bonds. The van der Waals surface area contributed by atoms with Gasteiger partial charge in [0.15, 0.2) is 0 Å². The van der Waals surface area contributed by atoms with E-state index < -0.39 is 0 Å². The van der Waals surface area contributed by atoms with Crippen LogP contribution >= 0.6 is 0 Å². The van der Waals surface area contributed by atoms with Crippen LogP contribution in [0, 0.1) is 0 Å². The predicted octanol–water partition coefficient (Wildman–Crippen LogP) is 2.40. The molecule has 0 aromatic carbocycles. The SMILES string of the molecule is CCN(CC)c1nccc(N(C)CCc2ccncc2)n1. The zero-order chi connectivity index (χ0) is 15.1. The Morgan fingerprint density at radius 2 is 1.71 bits per heavy atom. The number of rotatable bonds is 7. The second kappa shape index (κ2) is 7.57. The van der Waals surface area contributed by atoms with Crippen molar-refractivity contribution in [2.24, 2.45) is 0 Å². The van der Waals surface area contributed by atoms with Gasteiger partial charge in [0, 0.05) is 45.3 Å². The number of pyridine rings is 1. The Kier molecular flexibility index (Phi) is 5.49. The van der Waals surface area contributed by atoms with E-state index in [9.17, 15) is 0 Å². The molecule has 5 heteroatoms. The lowest BCUT2D eigenvalue weighted by atomic mass is 10.2. The number of likely N-dealkylation sites (N-methyl/N-ethyl adjacent to an activating group) is 1. The summed E-state index contributed by atoms with van der Waals surface area (Å²) in [7, 11) is 2.07. The highest BCUT2D eigenvalue weighted by atomic mass is 15.3. The highest BCUT2D eigenvalue weighted by Crippen LogP contribution is 2.14. The van der Waals surface area contributed by atoms with Crippen LogP contribution in [0.4, 0.5) is 11.8 Å². The lowest BCUT2D eigenvalue weighted by Gasteiger charge is -2.22. The van der Waals surface area contributed by atoms with E-state index in [4.69, 9.17) is 0 Å². The molecule has 0 spiro atoms. The van der Waals surface area contributed by atoms with Crippen molar-refractivity contribution in [2.75, 3.05) is 36.5 Å². The summed E-state index contributed by atoms with van der Waals surface area (Å²) in [6.45, 7) is 6.99. The highest BCUT2D eigenvalue weighted by Gasteiger charge is 2.08. The van der Waals surface area contributed by atoms with Gasteiger partial charge in [-0.2, -0.15) is 4.98 Å². The lowest BCUT2D eigenvalue weighted by molar-refractivity contribution is 0.805. The molecule has 112 valence electrons. The fourth-order valence-corrected chi connectivity index (χ4v) is 2.17. The van der Waals surface area contributed by atoms with Crippen molar-refractivity contribution < 1.29 is 0 Å². The zero-order valence-corrected chi connectivity index (χ0v) is 13.0. The average molecular weight is 285 g/mol. The number of hydrogen-bond acceptors (Lipinski definition) is 5. The van der Waals surface area contributed by atoms with Crippen molar-refractivity contribution in [3.8, 4) is 0 Å². The fourth-order valence-electron chi connectivity index (χ4n) is 2.17. The van der Waals surface area contributed by atoms with Crippen molar-refractivity contribution >= 4 is 11.8 Å². The number of aromatic nitrogens is 3. The van der Waals surface area contributed by atoms with Crippen molar-refractivity contribution in [3.05, 3.63) is 42.4 Å². The summed E-state index contributed by atoms with van der Waals surface area (Å²) in [5, 5.41) is 0. The molecule has 5 nitrogen and oxygen atoms in total. The third-order valence-corrected chi connectivity index (χ3v) is 3.55. The molecule has 2 heterocycles. The van der Waals surface area contributed by atoms with E-state index in [1.54, 1.807) is 0 Å². The van der Waals surface area contributed by atoms with Gasteiger partial charge in [-0.3, -0.25) is 4.98 Å². The quantitative estimate of drug-likeness (QED) is 0.781. The van der Waals surface area contributed by atoms with Crippen molar-refractivity contribution in [3.63, 3.8) is 0 Å². The summed E-state index contributed by atoms with van der Waals surface area (Å²) >= 11 is 0. The molecule has 0 aliphatic heterocycles. The van der Waals surface area contributed by atoms with Gasteiger partial charge in [-0.1, -0.05) is 0 Å². The molecule has 0 aliphatic rings. The maximum Gasteiger partial charge on any atom is 0.227 e. The van der Waals surface area contributed by atoms with E-state index in [2.05, 4.69) is 57.8 Å². The second-order valence-electron chi connectivity index (χ2n) is 4.91. The minimum Gasteiger partial charge on any atom is -0.359 e. The molecule has 21 heavy (non-hydrogen) atoms. The summed E-state index contributed by atoms with van der Waals surface area (Å²) in [6.07, 6.45) is 6.47. The van der Waals surface area contributed by atoms with E-state index in [0.717, 1.165) is 37.8 Å². The van der Waals surface area contributed by atoms with Gasteiger partial charge in [-0.15, -0.1) is 0 Å². The normalized spacial score (nSPS) is 10.4. The molecule has 0 saturated carbocycles. The minimum atomic E-state index is 0.799. The van der Waals surface area contributed by atoms with Crippen LogP contribution in [0.25, 0.3) is 0 Å². The largest absolute Gasteiger partial charge is 0.359 e. The molecule has 0 aliphatic carbocycles. The van der Waals surface area contributed by atoms with Crippen LogP contribution in [0.15, 0.2) is 36.8 Å². The summed E-state index contributed by atoms with van der Waals surface area (Å²) in [6, 6.07) is 6.06. The van der Waals surface area contributed by atoms with Crippen LogP contribution in [0.1, 0.15) is 19.4 Å². The molecule has 2 rings (SSSR count). The molecule has 0 fully saturated rings. The summed E-state index contributed by atoms with van der Waals surface area (Å²) < 4.78 is 0. The van der Waals surface area contributed by atoms with Crippen LogP contribution in [0.3, 0.4) is 0 Å². The zero-order valence-electron chi connectivity index (χ0n) is 13.0. The van der Waals surface area contributed by atoms with Gasteiger partial charge in [0.2, 0.25) is 5.95 Å². The third-order valence-electron chi connectivity index (χ3n) is 3.55. The summed E-state index contributed by atoms with van der Waals surface area (Å²) in [4.78, 5) is 17.4. The molecular formula is C16H23N5. The fraction of sp³-hybridized carbons (Fsp3) is 0.438. The Balaban J connectivity index is 2.02. The van der Waals surface area contributed by atoms with Crippen LogP contribution in [0.5, 0.6) is 0 Å². The van der Waals surface area contributed by atoms with Crippen LogP contribution in [-0.4, -0.2) is 41.6 Å². The van der Waals surface area contributed by atoms with Crippen LogP contribution in [0.2, 0.25) is 0 Å². The molecule has 0 radical (unpaired) electrons. The third kappa shape index (κ3) is 4.15. The monoisotopic (exact) mass is 285 g/mol. The molecule has 0 atom stereocenters. The average Bonchev–Trinajstić information content (AvgIpc) is 2.55. The number of nitrogens with zero attached hydrogens (tertiary/aromatic N) is 5. The van der Waals surface area contributed by atoms with E-state index in [0.29, 0.717) is 0 Å². The number of anilines is 2. The maximum atomic E-state index is 4.66. The first kappa shape index (κ1) is 15.2. The van der Waals surface area contributed by atoms with Gasteiger partial charge in [0.1, 0.15) is 5.82 Å². The van der Waals surface area contributed by atoms with Gasteiger partial charge in [0.05, 0.1) is 0 Å². The van der Waals surface area contributed by atoms with Crippen molar-refractivity contribution in [1.29, 1.82) is 0 Å². The number of hydrogen-bond donors (Lipinski definition) is 0. The van der Waals surface area contributed by atoms with Gasteiger partial charge in [-0.25, -0.2) is 4.98 Å². The first-order valence-electron chi connectivity index (χ1n) is 7.42. The van der Waals surface area contributed by atoms with Crippen LogP contribution in [-0.2, 0) is 6.42 Å². The molecule has 2 aromatic heterocycles. The molecule has 0 N–H and O–H groups in total. The Bertz CT molecular complexity index is 539. The Morgan fingerprint density at radius 1 is 1.00 bits per heavy atom. The topological polar surface area (TPSA) is 45.2 Å². The van der Waals surface area contributed by atoms with Crippen molar-refractivity contribution in [2.45, 2.75) is 20.3 Å². The standard InChI is InChI=1S/C16H23N5/c1-4-21(5-2)16-18-12-8-15(19-16)20(3)13-9-14-6-10-17-11-7-14/h6-8,10-12H,4-5,9,13H2,1-3H3. The van der Waals surface area contributed by atoms with E-state index >= 15 is 0 Å². The van der Waals surface area contributed by atoms with Gasteiger partial charge in [0.25, 0.3) is 0 Å². The molecule has 0 unspecified atom stereocenters.